The molecule has 2 aromatic carbocycles. The van der Waals surface area contributed by atoms with Gasteiger partial charge in [-0.25, -0.2) is 14.3 Å². The second-order valence-electron chi connectivity index (χ2n) is 7.98. The van der Waals surface area contributed by atoms with Crippen molar-refractivity contribution in [2.75, 3.05) is 0 Å². The molecule has 0 amide bonds. The normalized spacial score (nSPS) is 10.9. The van der Waals surface area contributed by atoms with Crippen molar-refractivity contribution in [1.29, 1.82) is 0 Å². The van der Waals surface area contributed by atoms with Gasteiger partial charge < -0.3 is 4.74 Å². The van der Waals surface area contributed by atoms with Crippen molar-refractivity contribution in [3.63, 3.8) is 0 Å². The highest BCUT2D eigenvalue weighted by Gasteiger charge is 2.16. The molecule has 7 nitrogen and oxygen atoms in total. The van der Waals surface area contributed by atoms with Gasteiger partial charge in [0.25, 0.3) is 0 Å². The van der Waals surface area contributed by atoms with Crippen LogP contribution < -0.4 is 10.3 Å². The third-order valence-electron chi connectivity index (χ3n) is 5.23. The highest BCUT2D eigenvalue weighted by molar-refractivity contribution is 6.30. The van der Waals surface area contributed by atoms with Gasteiger partial charge >= 0.3 is 11.5 Å². The summed E-state index contributed by atoms with van der Waals surface area (Å²) in [7, 11) is 0. The number of aryl methyl sites for hydroxylation is 5. The monoisotopic (exact) mass is 480 g/mol. The van der Waals surface area contributed by atoms with E-state index in [1.807, 2.05) is 37.3 Å². The summed E-state index contributed by atoms with van der Waals surface area (Å²) in [5.74, 6) is -1.19. The summed E-state index contributed by atoms with van der Waals surface area (Å²) in [5.41, 5.74) is 3.45. The van der Waals surface area contributed by atoms with E-state index in [2.05, 4.69) is 20.4 Å². The Balaban J connectivity index is 1.37. The fourth-order valence-corrected chi connectivity index (χ4v) is 3.66. The molecule has 4 aromatic rings. The highest BCUT2D eigenvalue weighted by atomic mass is 35.5. The van der Waals surface area contributed by atoms with Gasteiger partial charge in [0.1, 0.15) is 11.5 Å². The molecule has 0 saturated heterocycles. The first-order chi connectivity index (χ1) is 16.4. The summed E-state index contributed by atoms with van der Waals surface area (Å²) in [5, 5.41) is 13.8. The number of carbonyl (C=O) groups excluding carboxylic acids is 1. The zero-order valence-electron chi connectivity index (χ0n) is 18.4. The van der Waals surface area contributed by atoms with Crippen LogP contribution in [0.5, 0.6) is 5.75 Å². The van der Waals surface area contributed by atoms with Crippen LogP contribution in [0.2, 0.25) is 5.02 Å². The van der Waals surface area contributed by atoms with Crippen LogP contribution in [0.25, 0.3) is 0 Å². The Morgan fingerprint density at radius 1 is 0.912 bits per heavy atom. The molecule has 2 heterocycles. The lowest BCUT2D eigenvalue weighted by atomic mass is 10.1. The van der Waals surface area contributed by atoms with Crippen molar-refractivity contribution < 1.29 is 13.9 Å². The van der Waals surface area contributed by atoms with Gasteiger partial charge in [0.05, 0.1) is 11.4 Å². The fraction of sp³-hybridized carbons (Fsp3) is 0.200. The van der Waals surface area contributed by atoms with E-state index in [1.165, 1.54) is 18.2 Å². The number of rotatable bonds is 8. The Labute approximate surface area is 200 Å². The lowest BCUT2D eigenvalue weighted by molar-refractivity contribution is 0.0725. The smallest absolute Gasteiger partial charge is 0.361 e. The van der Waals surface area contributed by atoms with Gasteiger partial charge in [-0.1, -0.05) is 29.8 Å². The van der Waals surface area contributed by atoms with Crippen LogP contribution in [0.15, 0.2) is 59.4 Å². The molecule has 0 spiro atoms. The van der Waals surface area contributed by atoms with Gasteiger partial charge in [0.15, 0.2) is 5.75 Å². The molecule has 0 radical (unpaired) electrons. The van der Waals surface area contributed by atoms with Crippen molar-refractivity contribution in [3.05, 3.63) is 110 Å². The van der Waals surface area contributed by atoms with Crippen LogP contribution in [-0.4, -0.2) is 26.4 Å². The van der Waals surface area contributed by atoms with E-state index in [1.54, 1.807) is 6.07 Å². The van der Waals surface area contributed by atoms with Crippen LogP contribution in [0.3, 0.4) is 0 Å². The van der Waals surface area contributed by atoms with Gasteiger partial charge in [0, 0.05) is 11.1 Å². The standard InChI is InChI=1S/C25H22ClFN4O3/c1-15-10-17(12-19(27)11-15)5-9-21-14-23(24(32)31-29-21)34-25(33)22-13-20(28-30-22)8-4-16-2-6-18(26)7-3-16/h2-3,6-7,10-14H,4-5,8-9H2,1H3,(H,28,30)(H,31,32). The van der Waals surface area contributed by atoms with E-state index < -0.39 is 11.5 Å². The zero-order valence-corrected chi connectivity index (χ0v) is 19.2. The van der Waals surface area contributed by atoms with E-state index in [4.69, 9.17) is 16.3 Å². The van der Waals surface area contributed by atoms with E-state index in [-0.39, 0.29) is 17.3 Å². The van der Waals surface area contributed by atoms with Gasteiger partial charge in [-0.3, -0.25) is 9.89 Å². The van der Waals surface area contributed by atoms with Crippen LogP contribution in [0.4, 0.5) is 4.39 Å². The summed E-state index contributed by atoms with van der Waals surface area (Å²) in [6.45, 7) is 1.82. The molecule has 9 heteroatoms. The number of hydrogen-bond donors (Lipinski definition) is 2. The molecule has 0 aliphatic heterocycles. The van der Waals surface area contributed by atoms with Crippen LogP contribution >= 0.6 is 11.6 Å². The summed E-state index contributed by atoms with van der Waals surface area (Å²) in [4.78, 5) is 24.6. The largest absolute Gasteiger partial charge is 0.416 e. The first-order valence-electron chi connectivity index (χ1n) is 10.7. The van der Waals surface area contributed by atoms with Crippen molar-refractivity contribution in [2.24, 2.45) is 0 Å². The van der Waals surface area contributed by atoms with Gasteiger partial charge in [0.2, 0.25) is 0 Å². The number of benzene rings is 2. The number of nitrogens with zero attached hydrogens (tertiary/aromatic N) is 2. The van der Waals surface area contributed by atoms with Crippen molar-refractivity contribution >= 4 is 17.6 Å². The topological polar surface area (TPSA) is 101 Å². The Hall–Kier alpha value is -3.78. The SMILES string of the molecule is Cc1cc(F)cc(CCc2cc(OC(=O)c3cc(CCc4ccc(Cl)cc4)n[nH]3)c(=O)[nH]n2)c1. The third kappa shape index (κ3) is 6.17. The minimum atomic E-state index is -0.728. The van der Waals surface area contributed by atoms with Gasteiger partial charge in [-0.2, -0.15) is 10.2 Å². The number of aromatic amines is 2. The summed E-state index contributed by atoms with van der Waals surface area (Å²) >= 11 is 5.90. The molecule has 4 rings (SSSR count). The number of carbonyl (C=O) groups is 1. The molecule has 0 atom stereocenters. The number of halogens is 2. The predicted molar refractivity (Wildman–Crippen MR) is 126 cm³/mol. The molecule has 2 aromatic heterocycles. The summed E-state index contributed by atoms with van der Waals surface area (Å²) < 4.78 is 18.9. The Morgan fingerprint density at radius 2 is 1.59 bits per heavy atom. The zero-order chi connectivity index (χ0) is 24.1. The maximum absolute atomic E-state index is 13.6. The van der Waals surface area contributed by atoms with Crippen LogP contribution in [0, 0.1) is 12.7 Å². The Morgan fingerprint density at radius 3 is 2.32 bits per heavy atom. The molecule has 0 bridgehead atoms. The Kier molecular flexibility index (Phi) is 7.18. The molecule has 0 fully saturated rings. The molecule has 2 N–H and O–H groups in total. The number of hydrogen-bond acceptors (Lipinski definition) is 5. The van der Waals surface area contributed by atoms with Gasteiger partial charge in [-0.05, 0) is 79.6 Å². The van der Waals surface area contributed by atoms with Crippen LogP contribution in [0.1, 0.15) is 38.6 Å². The number of ether oxygens (including phenoxy) is 1. The number of nitrogens with one attached hydrogen (secondary N) is 2. The maximum Gasteiger partial charge on any atom is 0.361 e. The highest BCUT2D eigenvalue weighted by Crippen LogP contribution is 2.15. The second-order valence-corrected chi connectivity index (χ2v) is 8.41. The lowest BCUT2D eigenvalue weighted by Crippen LogP contribution is -2.19. The maximum atomic E-state index is 13.6. The minimum absolute atomic E-state index is 0.138. The average molecular weight is 481 g/mol. The molecule has 0 aliphatic rings. The van der Waals surface area contributed by atoms with Crippen LogP contribution in [-0.2, 0) is 25.7 Å². The van der Waals surface area contributed by atoms with Crippen molar-refractivity contribution in [3.8, 4) is 5.75 Å². The lowest BCUT2D eigenvalue weighted by Gasteiger charge is -2.06. The van der Waals surface area contributed by atoms with Crippen molar-refractivity contribution in [2.45, 2.75) is 32.6 Å². The second kappa shape index (κ2) is 10.4. The quantitative estimate of drug-likeness (QED) is 0.364. The molecule has 34 heavy (non-hydrogen) atoms. The number of H-pyrrole nitrogens is 2. The Bertz CT molecular complexity index is 1350. The minimum Gasteiger partial charge on any atom is -0.416 e. The fourth-order valence-electron chi connectivity index (χ4n) is 3.53. The first-order valence-corrected chi connectivity index (χ1v) is 11.1. The van der Waals surface area contributed by atoms with Gasteiger partial charge in [-0.15, -0.1) is 0 Å². The molecule has 0 aliphatic carbocycles. The molecular formula is C25H22ClFN4O3. The average Bonchev–Trinajstić information content (AvgIpc) is 3.28. The van der Waals surface area contributed by atoms with E-state index in [0.29, 0.717) is 35.7 Å². The summed E-state index contributed by atoms with van der Waals surface area (Å²) in [6, 6.07) is 15.3. The van der Waals surface area contributed by atoms with E-state index in [9.17, 15) is 14.0 Å². The van der Waals surface area contributed by atoms with Crippen molar-refractivity contribution in [1.82, 2.24) is 20.4 Å². The summed E-state index contributed by atoms with van der Waals surface area (Å²) in [6.07, 6.45) is 2.30. The molecular weight excluding hydrogens is 459 g/mol. The number of aromatic nitrogens is 4. The third-order valence-corrected chi connectivity index (χ3v) is 5.48. The first kappa shape index (κ1) is 23.4. The predicted octanol–water partition coefficient (Wildman–Crippen LogP) is 4.38. The number of esters is 1. The molecule has 0 unspecified atom stereocenters. The van der Waals surface area contributed by atoms with E-state index >= 15 is 0 Å². The van der Waals surface area contributed by atoms with E-state index in [0.717, 1.165) is 23.1 Å². The molecule has 0 saturated carbocycles. The molecule has 174 valence electrons.